The fourth-order valence-corrected chi connectivity index (χ4v) is 2.06. The smallest absolute Gasteiger partial charge is 0.387 e. The fraction of sp³-hybridized carbons (Fsp3) is 0.235. The van der Waals surface area contributed by atoms with Crippen molar-refractivity contribution in [3.63, 3.8) is 0 Å². The highest BCUT2D eigenvalue weighted by molar-refractivity contribution is 5.89. The highest BCUT2D eigenvalue weighted by Crippen LogP contribution is 2.29. The summed E-state index contributed by atoms with van der Waals surface area (Å²) in [6.45, 7) is -1.05. The minimum atomic E-state index is -2.99. The van der Waals surface area contributed by atoms with E-state index in [1.54, 1.807) is 6.92 Å². The Morgan fingerprint density at radius 3 is 2.54 bits per heavy atom. The lowest BCUT2D eigenvalue weighted by atomic mass is 10.2. The molecule has 0 atom stereocenters. The maximum absolute atomic E-state index is 13.5. The lowest BCUT2D eigenvalue weighted by Crippen LogP contribution is -2.28. The Balaban J connectivity index is 1.99. The van der Waals surface area contributed by atoms with Crippen LogP contribution in [0.15, 0.2) is 36.4 Å². The first-order valence-electron chi connectivity index (χ1n) is 7.59. The number of amides is 2. The van der Waals surface area contributed by atoms with Gasteiger partial charge in [0.25, 0.3) is 0 Å². The molecule has 26 heavy (non-hydrogen) atoms. The molecule has 0 aromatic heterocycles. The van der Waals surface area contributed by atoms with E-state index in [0.717, 1.165) is 12.1 Å². The largest absolute Gasteiger partial charge is 0.490 e. The van der Waals surface area contributed by atoms with Crippen LogP contribution < -0.4 is 20.1 Å². The average Bonchev–Trinajstić information content (AvgIpc) is 2.57. The van der Waals surface area contributed by atoms with Gasteiger partial charge in [0.2, 0.25) is 0 Å². The van der Waals surface area contributed by atoms with Crippen molar-refractivity contribution in [3.05, 3.63) is 53.6 Å². The van der Waals surface area contributed by atoms with Crippen LogP contribution in [0.3, 0.4) is 0 Å². The second kappa shape index (κ2) is 8.93. The molecule has 2 N–H and O–H groups in total. The van der Waals surface area contributed by atoms with Gasteiger partial charge in [-0.25, -0.2) is 13.6 Å². The van der Waals surface area contributed by atoms with Crippen LogP contribution in [0.5, 0.6) is 11.5 Å². The number of carbonyl (C=O) groups excluding carboxylic acids is 1. The first-order valence-corrected chi connectivity index (χ1v) is 7.59. The molecule has 0 aliphatic heterocycles. The number of hydrogen-bond acceptors (Lipinski definition) is 3. The second-order valence-electron chi connectivity index (χ2n) is 5.02. The zero-order valence-corrected chi connectivity index (χ0v) is 13.7. The highest BCUT2D eigenvalue weighted by atomic mass is 19.3. The van der Waals surface area contributed by atoms with Gasteiger partial charge in [0.1, 0.15) is 11.6 Å². The van der Waals surface area contributed by atoms with Crippen molar-refractivity contribution >= 4 is 11.7 Å². The number of ether oxygens (including phenoxy) is 2. The Morgan fingerprint density at radius 1 is 1.12 bits per heavy atom. The number of carbonyl (C=O) groups is 1. The SMILES string of the molecule is CCOc1cc(CNC(=O)Nc2ccc(F)cc2F)ccc1OC(F)F. The van der Waals surface area contributed by atoms with Gasteiger partial charge in [0.15, 0.2) is 11.5 Å². The highest BCUT2D eigenvalue weighted by Gasteiger charge is 2.12. The molecular weight excluding hydrogens is 356 g/mol. The molecule has 0 spiro atoms. The van der Waals surface area contributed by atoms with Crippen molar-refractivity contribution in [2.45, 2.75) is 20.1 Å². The monoisotopic (exact) mass is 372 g/mol. The second-order valence-corrected chi connectivity index (χ2v) is 5.02. The Bertz CT molecular complexity index is 772. The maximum Gasteiger partial charge on any atom is 0.387 e. The summed E-state index contributed by atoms with van der Waals surface area (Å²) in [5.41, 5.74) is 0.365. The predicted molar refractivity (Wildman–Crippen MR) is 86.5 cm³/mol. The Kier molecular flexibility index (Phi) is 6.65. The minimum absolute atomic E-state index is 0.0175. The molecule has 0 aliphatic carbocycles. The molecule has 0 heterocycles. The van der Waals surface area contributed by atoms with Crippen molar-refractivity contribution in [3.8, 4) is 11.5 Å². The molecule has 0 bridgehead atoms. The van der Waals surface area contributed by atoms with E-state index in [-0.39, 0.29) is 30.3 Å². The molecule has 140 valence electrons. The van der Waals surface area contributed by atoms with E-state index in [0.29, 0.717) is 11.6 Å². The lowest BCUT2D eigenvalue weighted by molar-refractivity contribution is -0.0514. The summed E-state index contributed by atoms with van der Waals surface area (Å²) in [6, 6.07) is 6.24. The van der Waals surface area contributed by atoms with Gasteiger partial charge in [-0.15, -0.1) is 0 Å². The van der Waals surface area contributed by atoms with E-state index >= 15 is 0 Å². The molecule has 0 unspecified atom stereocenters. The van der Waals surface area contributed by atoms with E-state index < -0.39 is 24.3 Å². The summed E-state index contributed by atoms with van der Waals surface area (Å²) in [5.74, 6) is -1.68. The topological polar surface area (TPSA) is 59.6 Å². The lowest BCUT2D eigenvalue weighted by Gasteiger charge is -2.13. The summed E-state index contributed by atoms with van der Waals surface area (Å²) in [6.07, 6.45) is 0. The third-order valence-electron chi connectivity index (χ3n) is 3.16. The zero-order valence-electron chi connectivity index (χ0n) is 13.7. The summed E-state index contributed by atoms with van der Waals surface area (Å²) < 4.78 is 60.6. The van der Waals surface area contributed by atoms with Crippen molar-refractivity contribution in [1.82, 2.24) is 5.32 Å². The van der Waals surface area contributed by atoms with Gasteiger partial charge in [0, 0.05) is 12.6 Å². The van der Waals surface area contributed by atoms with E-state index in [1.165, 1.54) is 18.2 Å². The van der Waals surface area contributed by atoms with E-state index in [4.69, 9.17) is 4.74 Å². The van der Waals surface area contributed by atoms with Gasteiger partial charge in [-0.2, -0.15) is 8.78 Å². The molecule has 0 fully saturated rings. The van der Waals surface area contributed by atoms with E-state index in [2.05, 4.69) is 15.4 Å². The number of hydrogen-bond donors (Lipinski definition) is 2. The molecule has 2 aromatic carbocycles. The molecule has 5 nitrogen and oxygen atoms in total. The Labute approximate surface area is 146 Å². The van der Waals surface area contributed by atoms with Crippen LogP contribution in [0.4, 0.5) is 28.0 Å². The normalized spacial score (nSPS) is 10.5. The third-order valence-corrected chi connectivity index (χ3v) is 3.16. The number of nitrogens with one attached hydrogen (secondary N) is 2. The summed E-state index contributed by atoms with van der Waals surface area (Å²) in [5, 5.41) is 4.70. The van der Waals surface area contributed by atoms with Crippen LogP contribution in [0.25, 0.3) is 0 Å². The first kappa shape index (κ1) is 19.4. The van der Waals surface area contributed by atoms with Crippen molar-refractivity contribution in [2.24, 2.45) is 0 Å². The number of urea groups is 1. The van der Waals surface area contributed by atoms with Crippen LogP contribution in [0.1, 0.15) is 12.5 Å². The quantitative estimate of drug-likeness (QED) is 0.713. The van der Waals surface area contributed by atoms with Gasteiger partial charge in [-0.3, -0.25) is 0 Å². The molecular formula is C17H16F4N2O3. The van der Waals surface area contributed by atoms with Gasteiger partial charge in [-0.1, -0.05) is 6.07 Å². The summed E-state index contributed by atoms with van der Waals surface area (Å²) in [4.78, 5) is 11.8. The van der Waals surface area contributed by atoms with Crippen molar-refractivity contribution < 1.29 is 31.8 Å². The van der Waals surface area contributed by atoms with Crippen molar-refractivity contribution in [2.75, 3.05) is 11.9 Å². The van der Waals surface area contributed by atoms with Crippen LogP contribution in [0.2, 0.25) is 0 Å². The Morgan fingerprint density at radius 2 is 1.88 bits per heavy atom. The first-order chi connectivity index (χ1) is 12.4. The molecule has 9 heteroatoms. The molecule has 2 aromatic rings. The molecule has 0 aliphatic rings. The molecule has 0 saturated carbocycles. The third kappa shape index (κ3) is 5.54. The standard InChI is InChI=1S/C17H16F4N2O3/c1-2-25-15-7-10(3-6-14(15)26-16(20)21)9-22-17(24)23-13-5-4-11(18)8-12(13)19/h3-8,16H,2,9H2,1H3,(H2,22,23,24). The molecule has 2 rings (SSSR count). The van der Waals surface area contributed by atoms with Crippen LogP contribution in [0, 0.1) is 11.6 Å². The Hall–Kier alpha value is -2.97. The van der Waals surface area contributed by atoms with Gasteiger partial charge < -0.3 is 20.1 Å². The van der Waals surface area contributed by atoms with Crippen LogP contribution in [-0.2, 0) is 6.54 Å². The molecule has 2 amide bonds. The predicted octanol–water partition coefficient (Wildman–Crippen LogP) is 4.29. The zero-order chi connectivity index (χ0) is 19.1. The van der Waals surface area contributed by atoms with Gasteiger partial charge in [0.05, 0.1) is 12.3 Å². The number of alkyl halides is 2. The van der Waals surface area contributed by atoms with E-state index in [1.807, 2.05) is 0 Å². The van der Waals surface area contributed by atoms with Crippen LogP contribution in [-0.4, -0.2) is 19.2 Å². The summed E-state index contributed by atoms with van der Waals surface area (Å²) >= 11 is 0. The van der Waals surface area contributed by atoms with E-state index in [9.17, 15) is 22.4 Å². The number of anilines is 1. The molecule has 0 saturated heterocycles. The van der Waals surface area contributed by atoms with Gasteiger partial charge >= 0.3 is 12.6 Å². The fourth-order valence-electron chi connectivity index (χ4n) is 2.06. The number of benzene rings is 2. The maximum atomic E-state index is 13.5. The van der Waals surface area contributed by atoms with Crippen molar-refractivity contribution in [1.29, 1.82) is 0 Å². The van der Waals surface area contributed by atoms with Crippen LogP contribution >= 0.6 is 0 Å². The molecule has 0 radical (unpaired) electrons. The van der Waals surface area contributed by atoms with Gasteiger partial charge in [-0.05, 0) is 36.8 Å². The number of halogens is 4. The number of rotatable bonds is 7. The minimum Gasteiger partial charge on any atom is -0.490 e. The average molecular weight is 372 g/mol. The summed E-state index contributed by atoms with van der Waals surface area (Å²) in [7, 11) is 0.